The largest absolute Gasteiger partial charge is 0.312 e. The van der Waals surface area contributed by atoms with Crippen molar-refractivity contribution in [3.05, 3.63) is 11.5 Å². The lowest BCUT2D eigenvalue weighted by molar-refractivity contribution is 0.545. The molecule has 2 aromatic heterocycles. The highest BCUT2D eigenvalue weighted by Gasteiger charge is 2.19. The van der Waals surface area contributed by atoms with Crippen LogP contribution >= 0.6 is 11.6 Å². The van der Waals surface area contributed by atoms with E-state index in [-0.39, 0.29) is 5.38 Å². The first-order valence-electron chi connectivity index (χ1n) is 8.10. The summed E-state index contributed by atoms with van der Waals surface area (Å²) in [6.07, 6.45) is 7.76. The smallest absolute Gasteiger partial charge is 0.158 e. The summed E-state index contributed by atoms with van der Waals surface area (Å²) in [7, 11) is 1.98. The van der Waals surface area contributed by atoms with Gasteiger partial charge in [0.1, 0.15) is 11.3 Å². The van der Waals surface area contributed by atoms with E-state index < -0.39 is 0 Å². The van der Waals surface area contributed by atoms with E-state index in [1.165, 1.54) is 38.5 Å². The van der Waals surface area contributed by atoms with E-state index in [1.807, 2.05) is 25.6 Å². The Labute approximate surface area is 132 Å². The lowest BCUT2D eigenvalue weighted by Gasteiger charge is -2.11. The molecule has 0 amide bonds. The molecule has 0 saturated carbocycles. The molecule has 0 radical (unpaired) electrons. The number of rotatable bonds is 8. The van der Waals surface area contributed by atoms with Gasteiger partial charge < -0.3 is 4.57 Å². The maximum absolute atomic E-state index is 6.31. The van der Waals surface area contributed by atoms with Crippen molar-refractivity contribution >= 4 is 22.8 Å². The summed E-state index contributed by atoms with van der Waals surface area (Å²) in [6, 6.07) is 0. The first kappa shape index (κ1) is 16.3. The molecule has 0 saturated heterocycles. The second-order valence-electron chi connectivity index (χ2n) is 5.89. The van der Waals surface area contributed by atoms with Gasteiger partial charge in [-0.25, -0.2) is 4.98 Å². The summed E-state index contributed by atoms with van der Waals surface area (Å²) < 4.78 is 4.18. The SMILES string of the molecule is CCCCCCCCn1c(C(C)Cl)nc2c(C)nn(C)c21. The molecule has 1 unspecified atom stereocenters. The monoisotopic (exact) mass is 310 g/mol. The zero-order chi connectivity index (χ0) is 15.4. The lowest BCUT2D eigenvalue weighted by atomic mass is 10.1. The van der Waals surface area contributed by atoms with Gasteiger partial charge in [-0.05, 0) is 20.3 Å². The molecule has 0 aromatic carbocycles. The third-order valence-electron chi connectivity index (χ3n) is 4.01. The van der Waals surface area contributed by atoms with E-state index in [2.05, 4.69) is 16.6 Å². The highest BCUT2D eigenvalue weighted by molar-refractivity contribution is 6.20. The van der Waals surface area contributed by atoms with Crippen LogP contribution in [0.3, 0.4) is 0 Å². The van der Waals surface area contributed by atoms with Gasteiger partial charge in [0.25, 0.3) is 0 Å². The Morgan fingerprint density at radius 2 is 1.81 bits per heavy atom. The molecular weight excluding hydrogens is 284 g/mol. The molecule has 2 heterocycles. The number of aryl methyl sites for hydroxylation is 3. The molecule has 5 heteroatoms. The summed E-state index contributed by atoms with van der Waals surface area (Å²) in [5.74, 6) is 0.969. The van der Waals surface area contributed by atoms with Gasteiger partial charge in [0.2, 0.25) is 0 Å². The van der Waals surface area contributed by atoms with Gasteiger partial charge in [-0.1, -0.05) is 39.0 Å². The number of hydrogen-bond donors (Lipinski definition) is 0. The minimum atomic E-state index is -0.0723. The summed E-state index contributed by atoms with van der Waals surface area (Å²) >= 11 is 6.31. The Balaban J connectivity index is 2.11. The van der Waals surface area contributed by atoms with Crippen LogP contribution in [0, 0.1) is 6.92 Å². The van der Waals surface area contributed by atoms with Crippen molar-refractivity contribution in [3.8, 4) is 0 Å². The minimum absolute atomic E-state index is 0.0723. The van der Waals surface area contributed by atoms with Crippen molar-refractivity contribution in [3.63, 3.8) is 0 Å². The van der Waals surface area contributed by atoms with Gasteiger partial charge in [0.05, 0.1) is 11.1 Å². The summed E-state index contributed by atoms with van der Waals surface area (Å²) in [5.41, 5.74) is 3.07. The fraction of sp³-hybridized carbons (Fsp3) is 0.750. The van der Waals surface area contributed by atoms with Crippen molar-refractivity contribution in [2.24, 2.45) is 7.05 Å². The van der Waals surface area contributed by atoms with E-state index in [0.717, 1.165) is 29.2 Å². The predicted molar refractivity (Wildman–Crippen MR) is 88.9 cm³/mol. The number of imidazole rings is 1. The van der Waals surface area contributed by atoms with Crippen LogP contribution in [0.25, 0.3) is 11.2 Å². The third kappa shape index (κ3) is 3.60. The first-order valence-corrected chi connectivity index (χ1v) is 8.53. The molecule has 4 nitrogen and oxygen atoms in total. The summed E-state index contributed by atoms with van der Waals surface area (Å²) in [5, 5.41) is 4.40. The molecule has 0 aliphatic heterocycles. The Kier molecular flexibility index (Phi) is 5.68. The van der Waals surface area contributed by atoms with Crippen LogP contribution < -0.4 is 0 Å². The highest BCUT2D eigenvalue weighted by atomic mass is 35.5. The Morgan fingerprint density at radius 1 is 1.14 bits per heavy atom. The van der Waals surface area contributed by atoms with Gasteiger partial charge in [-0.15, -0.1) is 11.6 Å². The van der Waals surface area contributed by atoms with Crippen molar-refractivity contribution in [2.75, 3.05) is 0 Å². The molecule has 1 atom stereocenters. The number of fused-ring (bicyclic) bond motifs is 1. The number of hydrogen-bond acceptors (Lipinski definition) is 2. The Hall–Kier alpha value is -1.03. The molecule has 2 aromatic rings. The zero-order valence-corrected chi connectivity index (χ0v) is 14.4. The normalized spacial score (nSPS) is 13.2. The average molecular weight is 311 g/mol. The van der Waals surface area contributed by atoms with Crippen molar-refractivity contribution in [1.29, 1.82) is 0 Å². The van der Waals surface area contributed by atoms with Gasteiger partial charge in [0, 0.05) is 13.6 Å². The molecule has 0 aliphatic rings. The van der Waals surface area contributed by atoms with Crippen LogP contribution in [0.15, 0.2) is 0 Å². The minimum Gasteiger partial charge on any atom is -0.312 e. The van der Waals surface area contributed by atoms with E-state index >= 15 is 0 Å². The number of nitrogens with zero attached hydrogens (tertiary/aromatic N) is 4. The standard InChI is InChI=1S/C16H27ClN4/c1-5-6-7-8-9-10-11-21-15(12(2)17)18-14-13(3)19-20(4)16(14)21/h12H,5-11H2,1-4H3. The Bertz CT molecular complexity index is 583. The van der Waals surface area contributed by atoms with Gasteiger partial charge in [0.15, 0.2) is 5.65 Å². The van der Waals surface area contributed by atoms with Crippen molar-refractivity contribution < 1.29 is 0 Å². The van der Waals surface area contributed by atoms with Crippen LogP contribution in [-0.4, -0.2) is 19.3 Å². The topological polar surface area (TPSA) is 35.6 Å². The average Bonchev–Trinajstić information content (AvgIpc) is 2.94. The highest BCUT2D eigenvalue weighted by Crippen LogP contribution is 2.26. The fourth-order valence-electron chi connectivity index (χ4n) is 2.93. The second kappa shape index (κ2) is 7.30. The molecule has 0 fully saturated rings. The van der Waals surface area contributed by atoms with Gasteiger partial charge >= 0.3 is 0 Å². The van der Waals surface area contributed by atoms with Gasteiger partial charge in [-0.3, -0.25) is 4.68 Å². The molecule has 0 N–H and O–H groups in total. The molecule has 21 heavy (non-hydrogen) atoms. The van der Waals surface area contributed by atoms with Crippen molar-refractivity contribution in [2.45, 2.75) is 71.2 Å². The molecule has 0 aliphatic carbocycles. The van der Waals surface area contributed by atoms with Crippen LogP contribution in [0.4, 0.5) is 0 Å². The van der Waals surface area contributed by atoms with Crippen LogP contribution in [0.2, 0.25) is 0 Å². The molecular formula is C16H27ClN4. The maximum Gasteiger partial charge on any atom is 0.158 e. The molecule has 2 rings (SSSR count). The Morgan fingerprint density at radius 3 is 2.48 bits per heavy atom. The summed E-state index contributed by atoms with van der Waals surface area (Å²) in [4.78, 5) is 4.71. The molecule has 0 bridgehead atoms. The quantitative estimate of drug-likeness (QED) is 0.521. The van der Waals surface area contributed by atoms with Crippen LogP contribution in [0.1, 0.15) is 69.3 Å². The van der Waals surface area contributed by atoms with Crippen LogP contribution in [-0.2, 0) is 13.6 Å². The maximum atomic E-state index is 6.31. The molecule has 0 spiro atoms. The first-order chi connectivity index (χ1) is 10.1. The van der Waals surface area contributed by atoms with Crippen LogP contribution in [0.5, 0.6) is 0 Å². The van der Waals surface area contributed by atoms with E-state index in [9.17, 15) is 0 Å². The zero-order valence-electron chi connectivity index (χ0n) is 13.7. The molecule has 118 valence electrons. The van der Waals surface area contributed by atoms with E-state index in [0.29, 0.717) is 0 Å². The number of aromatic nitrogens is 4. The lowest BCUT2D eigenvalue weighted by Crippen LogP contribution is -2.08. The van der Waals surface area contributed by atoms with Crippen molar-refractivity contribution in [1.82, 2.24) is 19.3 Å². The second-order valence-corrected chi connectivity index (χ2v) is 6.54. The predicted octanol–water partition coefficient (Wildman–Crippen LogP) is 4.74. The van der Waals surface area contributed by atoms with E-state index in [4.69, 9.17) is 16.6 Å². The number of halogens is 1. The third-order valence-corrected chi connectivity index (χ3v) is 4.21. The van der Waals surface area contributed by atoms with E-state index in [1.54, 1.807) is 0 Å². The number of alkyl halides is 1. The van der Waals surface area contributed by atoms with Gasteiger partial charge in [-0.2, -0.15) is 5.10 Å². The number of unbranched alkanes of at least 4 members (excludes halogenated alkanes) is 5. The summed E-state index contributed by atoms with van der Waals surface area (Å²) in [6.45, 7) is 7.23. The fourth-order valence-corrected chi connectivity index (χ4v) is 3.09.